The number of carbonyl (C=O) groups is 4. The molecular formula is C24H27N3O6. The molecule has 1 heterocycles. The highest BCUT2D eigenvalue weighted by atomic mass is 16.4. The first-order valence-electron chi connectivity index (χ1n) is 10.5. The molecule has 174 valence electrons. The predicted molar refractivity (Wildman–Crippen MR) is 120 cm³/mol. The van der Waals surface area contributed by atoms with Crippen molar-refractivity contribution >= 4 is 24.0 Å². The molecule has 1 aliphatic heterocycles. The number of amides is 4. The Morgan fingerprint density at radius 1 is 0.879 bits per heavy atom. The van der Waals surface area contributed by atoms with Gasteiger partial charge in [-0.25, -0.2) is 9.59 Å². The molecule has 1 atom stereocenters. The van der Waals surface area contributed by atoms with Gasteiger partial charge in [-0.3, -0.25) is 19.4 Å². The number of carbonyl (C=O) groups excluding carboxylic acids is 2. The quantitative estimate of drug-likeness (QED) is 0.618. The molecule has 9 heteroatoms. The molecule has 2 aromatic carbocycles. The van der Waals surface area contributed by atoms with Crippen LogP contribution in [0.15, 0.2) is 54.6 Å². The van der Waals surface area contributed by atoms with Gasteiger partial charge in [-0.05, 0) is 38.5 Å². The van der Waals surface area contributed by atoms with Gasteiger partial charge in [-0.15, -0.1) is 0 Å². The van der Waals surface area contributed by atoms with E-state index in [9.17, 15) is 29.4 Å². The van der Waals surface area contributed by atoms with Crippen LogP contribution in [-0.2, 0) is 6.54 Å². The van der Waals surface area contributed by atoms with Gasteiger partial charge in [0.05, 0.1) is 23.7 Å². The third kappa shape index (κ3) is 5.14. The van der Waals surface area contributed by atoms with E-state index >= 15 is 0 Å². The summed E-state index contributed by atoms with van der Waals surface area (Å²) in [6.45, 7) is 4.58. The van der Waals surface area contributed by atoms with Crippen molar-refractivity contribution in [2.75, 3.05) is 13.1 Å². The highest BCUT2D eigenvalue weighted by Gasteiger charge is 2.41. The lowest BCUT2D eigenvalue weighted by Gasteiger charge is -2.42. The van der Waals surface area contributed by atoms with Crippen molar-refractivity contribution in [2.24, 2.45) is 0 Å². The minimum Gasteiger partial charge on any atom is -0.465 e. The smallest absolute Gasteiger partial charge is 0.408 e. The molecule has 0 radical (unpaired) electrons. The zero-order chi connectivity index (χ0) is 24.3. The Morgan fingerprint density at radius 3 is 1.85 bits per heavy atom. The fraction of sp³-hybridized carbons (Fsp3) is 0.333. The molecule has 0 bridgehead atoms. The van der Waals surface area contributed by atoms with E-state index in [1.807, 2.05) is 6.07 Å². The fourth-order valence-electron chi connectivity index (χ4n) is 4.10. The van der Waals surface area contributed by atoms with Gasteiger partial charge in [0.25, 0.3) is 11.8 Å². The molecule has 0 saturated heterocycles. The van der Waals surface area contributed by atoms with Gasteiger partial charge in [0, 0.05) is 18.6 Å². The summed E-state index contributed by atoms with van der Waals surface area (Å²) in [5.74, 6) is -1.05. The average molecular weight is 453 g/mol. The van der Waals surface area contributed by atoms with Crippen molar-refractivity contribution in [3.8, 4) is 0 Å². The summed E-state index contributed by atoms with van der Waals surface area (Å²) >= 11 is 0. The lowest BCUT2D eigenvalue weighted by molar-refractivity contribution is 0.0331. The molecule has 2 aromatic rings. The molecule has 33 heavy (non-hydrogen) atoms. The topological polar surface area (TPSA) is 118 Å². The van der Waals surface area contributed by atoms with Crippen molar-refractivity contribution in [1.29, 1.82) is 0 Å². The van der Waals surface area contributed by atoms with E-state index in [1.54, 1.807) is 69.3 Å². The molecule has 0 aliphatic carbocycles. The van der Waals surface area contributed by atoms with Crippen molar-refractivity contribution < 1.29 is 29.4 Å². The Morgan fingerprint density at radius 2 is 1.39 bits per heavy atom. The van der Waals surface area contributed by atoms with Gasteiger partial charge in [0.1, 0.15) is 0 Å². The summed E-state index contributed by atoms with van der Waals surface area (Å²) in [6, 6.07) is 14.3. The number of rotatable bonds is 7. The molecule has 0 spiro atoms. The first kappa shape index (κ1) is 23.8. The van der Waals surface area contributed by atoms with Crippen LogP contribution in [0, 0.1) is 0 Å². The van der Waals surface area contributed by atoms with Crippen LogP contribution in [0.4, 0.5) is 9.59 Å². The second-order valence-corrected chi connectivity index (χ2v) is 8.89. The number of hydrogen-bond acceptors (Lipinski definition) is 4. The van der Waals surface area contributed by atoms with Crippen molar-refractivity contribution in [3.63, 3.8) is 0 Å². The molecule has 2 N–H and O–H groups in total. The molecule has 1 aliphatic rings. The number of hydrogen-bond donors (Lipinski definition) is 2. The number of benzene rings is 2. The van der Waals surface area contributed by atoms with Crippen LogP contribution in [-0.4, -0.2) is 73.6 Å². The Balaban J connectivity index is 1.94. The number of carboxylic acid groups (broad SMARTS) is 2. The Bertz CT molecular complexity index is 1030. The highest BCUT2D eigenvalue weighted by Crippen LogP contribution is 2.26. The maximum absolute atomic E-state index is 12.9. The SMILES string of the molecule is CC(C)(C)N(C(=O)O)[C@H](CN(Cc1ccccc1)C(=O)O)CN1C(=O)c2ccccc2C1=O. The summed E-state index contributed by atoms with van der Waals surface area (Å²) in [4.78, 5) is 53.3. The highest BCUT2D eigenvalue weighted by molar-refractivity contribution is 6.21. The zero-order valence-corrected chi connectivity index (χ0v) is 18.8. The first-order valence-corrected chi connectivity index (χ1v) is 10.5. The predicted octanol–water partition coefficient (Wildman–Crippen LogP) is 3.61. The molecule has 9 nitrogen and oxygen atoms in total. The lowest BCUT2D eigenvalue weighted by Crippen LogP contribution is -2.59. The van der Waals surface area contributed by atoms with Crippen molar-refractivity contribution in [2.45, 2.75) is 38.9 Å². The largest absolute Gasteiger partial charge is 0.465 e. The second kappa shape index (κ2) is 9.32. The maximum atomic E-state index is 12.9. The third-order valence-electron chi connectivity index (χ3n) is 5.48. The molecule has 0 saturated carbocycles. The van der Waals surface area contributed by atoms with Crippen LogP contribution in [0.2, 0.25) is 0 Å². The van der Waals surface area contributed by atoms with Gasteiger partial charge >= 0.3 is 12.2 Å². The van der Waals surface area contributed by atoms with Crippen LogP contribution in [0.1, 0.15) is 47.1 Å². The zero-order valence-electron chi connectivity index (χ0n) is 18.8. The molecule has 3 rings (SSSR count). The normalized spacial score (nSPS) is 14.1. The fourth-order valence-corrected chi connectivity index (χ4v) is 4.10. The Hall–Kier alpha value is -3.88. The van der Waals surface area contributed by atoms with Gasteiger partial charge in [-0.1, -0.05) is 42.5 Å². The average Bonchev–Trinajstić information content (AvgIpc) is 2.97. The summed E-state index contributed by atoms with van der Waals surface area (Å²) in [6.07, 6.45) is -2.50. The van der Waals surface area contributed by atoms with Crippen molar-refractivity contribution in [3.05, 3.63) is 71.3 Å². The van der Waals surface area contributed by atoms with Gasteiger partial charge in [0.15, 0.2) is 0 Å². The van der Waals surface area contributed by atoms with E-state index in [0.29, 0.717) is 0 Å². The monoisotopic (exact) mass is 453 g/mol. The van der Waals surface area contributed by atoms with E-state index in [0.717, 1.165) is 20.3 Å². The van der Waals surface area contributed by atoms with E-state index < -0.39 is 35.6 Å². The van der Waals surface area contributed by atoms with Gasteiger partial charge < -0.3 is 15.1 Å². The van der Waals surface area contributed by atoms with E-state index in [1.165, 1.54) is 0 Å². The maximum Gasteiger partial charge on any atom is 0.408 e. The number of nitrogens with zero attached hydrogens (tertiary/aromatic N) is 3. The molecule has 0 fully saturated rings. The van der Waals surface area contributed by atoms with E-state index in [-0.39, 0.29) is 30.8 Å². The number of fused-ring (bicyclic) bond motifs is 1. The minimum absolute atomic E-state index is 0.0341. The van der Waals surface area contributed by atoms with Crippen LogP contribution in [0.25, 0.3) is 0 Å². The Labute approximate surface area is 191 Å². The van der Waals surface area contributed by atoms with E-state index in [4.69, 9.17) is 0 Å². The van der Waals surface area contributed by atoms with E-state index in [2.05, 4.69) is 0 Å². The molecule has 0 aromatic heterocycles. The first-order chi connectivity index (χ1) is 15.5. The number of imide groups is 1. The molecule has 4 amide bonds. The third-order valence-corrected chi connectivity index (χ3v) is 5.48. The van der Waals surface area contributed by atoms with Crippen molar-refractivity contribution in [1.82, 2.24) is 14.7 Å². The van der Waals surface area contributed by atoms with Gasteiger partial charge in [-0.2, -0.15) is 0 Å². The molecular weight excluding hydrogens is 426 g/mol. The summed E-state index contributed by atoms with van der Waals surface area (Å²) < 4.78 is 0. The van der Waals surface area contributed by atoms with Crippen LogP contribution in [0.3, 0.4) is 0 Å². The second-order valence-electron chi connectivity index (χ2n) is 8.89. The van der Waals surface area contributed by atoms with Gasteiger partial charge in [0.2, 0.25) is 0 Å². The van der Waals surface area contributed by atoms with Crippen LogP contribution >= 0.6 is 0 Å². The summed E-state index contributed by atoms with van der Waals surface area (Å²) in [5, 5.41) is 19.8. The van der Waals surface area contributed by atoms with Crippen LogP contribution < -0.4 is 0 Å². The van der Waals surface area contributed by atoms with Crippen LogP contribution in [0.5, 0.6) is 0 Å². The minimum atomic E-state index is -1.27. The molecule has 0 unspecified atom stereocenters. The summed E-state index contributed by atoms with van der Waals surface area (Å²) in [7, 11) is 0. The standard InChI is InChI=1S/C24H27N3O6/c1-24(2,3)27(23(32)33)17(14-25(22(30)31)13-16-9-5-4-6-10-16)15-26-20(28)18-11-7-8-12-19(18)21(26)29/h4-12,17H,13-15H2,1-3H3,(H,30,31)(H,32,33)/t17-/m1/s1. The lowest BCUT2D eigenvalue weighted by atomic mass is 10.0. The Kier molecular flexibility index (Phi) is 6.71. The summed E-state index contributed by atoms with van der Waals surface area (Å²) in [5.41, 5.74) is 0.319.